The molecule has 68 heavy (non-hydrogen) atoms. The molecule has 2 aliphatic rings. The van der Waals surface area contributed by atoms with Crippen LogP contribution in [0.15, 0.2) is 249 Å². The van der Waals surface area contributed by atoms with Crippen molar-refractivity contribution in [1.82, 2.24) is 14.5 Å². The molecule has 11 aromatic rings. The summed E-state index contributed by atoms with van der Waals surface area (Å²) in [5, 5.41) is 2.47. The third kappa shape index (κ3) is 6.94. The van der Waals surface area contributed by atoms with E-state index in [1.165, 1.54) is 72.1 Å². The summed E-state index contributed by atoms with van der Waals surface area (Å²) in [4.78, 5) is 12.9. The van der Waals surface area contributed by atoms with Crippen molar-refractivity contribution in [1.29, 1.82) is 0 Å². The predicted octanol–water partition coefficient (Wildman–Crippen LogP) is 16.3. The monoisotopic (exact) mass is 868 g/mol. The van der Waals surface area contributed by atoms with Gasteiger partial charge < -0.3 is 9.47 Å². The summed E-state index contributed by atoms with van der Waals surface area (Å²) in [5.41, 5.74) is 20.6. The number of rotatable bonds is 8. The lowest BCUT2D eigenvalue weighted by atomic mass is 9.89. The Hall–Kier alpha value is -8.86. The zero-order chi connectivity index (χ0) is 45.0. The lowest BCUT2D eigenvalue weighted by molar-refractivity contribution is 0.831. The number of allylic oxidation sites excluding steroid dienone is 2. The molecule has 2 aromatic heterocycles. The van der Waals surface area contributed by atoms with Crippen molar-refractivity contribution in [2.24, 2.45) is 0 Å². The topological polar surface area (TPSA) is 34.0 Å². The average Bonchev–Trinajstić information content (AvgIpc) is 3.94. The minimum absolute atomic E-state index is 0.269. The molecule has 1 unspecified atom stereocenters. The van der Waals surface area contributed by atoms with Crippen LogP contribution in [0.25, 0.3) is 94.8 Å². The van der Waals surface area contributed by atoms with Gasteiger partial charge in [0.1, 0.15) is 0 Å². The number of hydrogen-bond acceptors (Lipinski definition) is 3. The first-order valence-corrected chi connectivity index (χ1v) is 23.4. The Morgan fingerprint density at radius 2 is 0.897 bits per heavy atom. The first-order valence-electron chi connectivity index (χ1n) is 23.4. The first kappa shape index (κ1) is 39.5. The summed E-state index contributed by atoms with van der Waals surface area (Å²) in [6, 6.07) is 84.9. The molecule has 0 amide bonds. The Labute approximate surface area is 396 Å². The van der Waals surface area contributed by atoms with Crippen LogP contribution < -0.4 is 4.90 Å². The molecular formula is C64H44N4. The highest BCUT2D eigenvalue weighted by atomic mass is 15.2. The molecule has 13 rings (SSSR count). The fraction of sp³-hybridized carbons (Fsp3) is 0.0312. The third-order valence-corrected chi connectivity index (χ3v) is 13.7. The highest BCUT2D eigenvalue weighted by Gasteiger charge is 2.35. The number of hydrogen-bond donors (Lipinski definition) is 0. The molecule has 0 saturated carbocycles. The number of fused-ring (bicyclic) bond motifs is 6. The number of anilines is 2. The lowest BCUT2D eigenvalue weighted by Crippen LogP contribution is -2.27. The van der Waals surface area contributed by atoms with E-state index >= 15 is 0 Å². The molecule has 1 aliphatic carbocycles. The number of para-hydroxylation sites is 3. The van der Waals surface area contributed by atoms with E-state index in [1.54, 1.807) is 0 Å². The Bertz CT molecular complexity index is 3620. The number of benzene rings is 9. The second-order valence-electron chi connectivity index (χ2n) is 17.7. The van der Waals surface area contributed by atoms with Gasteiger partial charge in [0.05, 0.1) is 28.5 Å². The molecule has 0 saturated heterocycles. The van der Waals surface area contributed by atoms with Crippen molar-refractivity contribution in [2.45, 2.75) is 12.5 Å². The van der Waals surface area contributed by atoms with Gasteiger partial charge in [0.15, 0.2) is 5.82 Å². The molecule has 320 valence electrons. The number of aromatic nitrogens is 3. The summed E-state index contributed by atoms with van der Waals surface area (Å²) in [6.07, 6.45) is 5.80. The standard InChI is InChI=1S/C64H44N4/c1-4-14-43(15-5-1)45-24-28-47(29-25-45)58-42-59(66-64(65-58)49-30-26-46(27-31-49)44-16-6-2-7-17-44)48-32-36-53(37-33-48)68-61-23-13-11-21-55(61)57-41-51(35-39-63(57)68)50-34-38-62-56(40-50)54-20-10-12-22-60(54)67(62)52-18-8-3-9-19-52/h1-37,39-42,62H,38H2. The molecule has 0 N–H and O–H groups in total. The van der Waals surface area contributed by atoms with E-state index in [-0.39, 0.29) is 6.04 Å². The van der Waals surface area contributed by atoms with Gasteiger partial charge in [-0.1, -0.05) is 188 Å². The van der Waals surface area contributed by atoms with E-state index in [2.05, 4.69) is 252 Å². The molecule has 0 fully saturated rings. The molecular weight excluding hydrogens is 825 g/mol. The van der Waals surface area contributed by atoms with Gasteiger partial charge in [-0.2, -0.15) is 0 Å². The quantitative estimate of drug-likeness (QED) is 0.153. The SMILES string of the molecule is C1=C(c2ccc3c(c2)c2ccccc2n3-c2ccc(-c3cc(-c4ccc(-c5ccccc5)cc4)nc(-c4ccc(-c5ccccc5)cc4)n3)cc2)C=C2c3ccccc3N(c3ccccc3)C2C1. The van der Waals surface area contributed by atoms with E-state index < -0.39 is 0 Å². The summed E-state index contributed by atoms with van der Waals surface area (Å²) in [7, 11) is 0. The van der Waals surface area contributed by atoms with Crippen molar-refractivity contribution in [2.75, 3.05) is 4.90 Å². The fourth-order valence-corrected chi connectivity index (χ4v) is 10.4. The zero-order valence-corrected chi connectivity index (χ0v) is 37.2. The Morgan fingerprint density at radius 3 is 1.57 bits per heavy atom. The van der Waals surface area contributed by atoms with E-state index in [1.807, 2.05) is 6.07 Å². The minimum Gasteiger partial charge on any atom is -0.333 e. The van der Waals surface area contributed by atoms with Crippen molar-refractivity contribution in [3.63, 3.8) is 0 Å². The van der Waals surface area contributed by atoms with Gasteiger partial charge in [-0.3, -0.25) is 0 Å². The second-order valence-corrected chi connectivity index (χ2v) is 17.7. The lowest BCUT2D eigenvalue weighted by Gasteiger charge is -2.29. The molecule has 3 heterocycles. The molecule has 1 aliphatic heterocycles. The number of nitrogens with zero attached hydrogens (tertiary/aromatic N) is 4. The largest absolute Gasteiger partial charge is 0.333 e. The summed E-state index contributed by atoms with van der Waals surface area (Å²) in [5.74, 6) is 0.691. The Kier molecular flexibility index (Phi) is 9.61. The van der Waals surface area contributed by atoms with Crippen LogP contribution >= 0.6 is 0 Å². The van der Waals surface area contributed by atoms with Crippen LogP contribution in [0.3, 0.4) is 0 Å². The van der Waals surface area contributed by atoms with E-state index in [0.717, 1.165) is 45.7 Å². The van der Waals surface area contributed by atoms with E-state index in [4.69, 9.17) is 9.97 Å². The maximum atomic E-state index is 5.23. The van der Waals surface area contributed by atoms with E-state index in [0.29, 0.717) is 5.82 Å². The van der Waals surface area contributed by atoms with Crippen molar-refractivity contribution >= 4 is 44.3 Å². The first-order chi connectivity index (χ1) is 33.7. The van der Waals surface area contributed by atoms with Gasteiger partial charge in [0, 0.05) is 50.1 Å². The van der Waals surface area contributed by atoms with Gasteiger partial charge in [-0.15, -0.1) is 0 Å². The normalized spacial score (nSPS) is 14.1. The summed E-state index contributed by atoms with van der Waals surface area (Å²) >= 11 is 0. The molecule has 0 bridgehead atoms. The predicted molar refractivity (Wildman–Crippen MR) is 283 cm³/mol. The maximum Gasteiger partial charge on any atom is 0.160 e. The Balaban J connectivity index is 0.857. The van der Waals surface area contributed by atoms with Crippen LogP contribution in [0.1, 0.15) is 17.5 Å². The molecule has 4 heteroatoms. The minimum atomic E-state index is 0.269. The second kappa shape index (κ2) is 16.5. The van der Waals surface area contributed by atoms with Gasteiger partial charge in [-0.05, 0) is 106 Å². The van der Waals surface area contributed by atoms with Gasteiger partial charge in [0.2, 0.25) is 0 Å². The van der Waals surface area contributed by atoms with Gasteiger partial charge in [0.25, 0.3) is 0 Å². The van der Waals surface area contributed by atoms with Crippen LogP contribution in [-0.4, -0.2) is 20.6 Å². The zero-order valence-electron chi connectivity index (χ0n) is 37.2. The average molecular weight is 869 g/mol. The molecule has 0 spiro atoms. The molecule has 4 nitrogen and oxygen atoms in total. The fourth-order valence-electron chi connectivity index (χ4n) is 10.4. The van der Waals surface area contributed by atoms with E-state index in [9.17, 15) is 0 Å². The Morgan fingerprint density at radius 1 is 0.382 bits per heavy atom. The third-order valence-electron chi connectivity index (χ3n) is 13.7. The molecule has 1 atom stereocenters. The molecule has 9 aromatic carbocycles. The maximum absolute atomic E-state index is 5.23. The van der Waals surface area contributed by atoms with Gasteiger partial charge in [-0.25, -0.2) is 9.97 Å². The van der Waals surface area contributed by atoms with Crippen LogP contribution in [0.5, 0.6) is 0 Å². The molecule has 0 radical (unpaired) electrons. The van der Waals surface area contributed by atoms with Crippen molar-refractivity contribution < 1.29 is 0 Å². The van der Waals surface area contributed by atoms with Crippen LogP contribution in [0.4, 0.5) is 11.4 Å². The van der Waals surface area contributed by atoms with Crippen molar-refractivity contribution in [3.05, 3.63) is 260 Å². The summed E-state index contributed by atoms with van der Waals surface area (Å²) in [6.45, 7) is 0. The van der Waals surface area contributed by atoms with Crippen LogP contribution in [-0.2, 0) is 0 Å². The smallest absolute Gasteiger partial charge is 0.160 e. The highest BCUT2D eigenvalue weighted by molar-refractivity contribution is 6.11. The highest BCUT2D eigenvalue weighted by Crippen LogP contribution is 2.49. The van der Waals surface area contributed by atoms with Crippen molar-refractivity contribution in [3.8, 4) is 61.8 Å². The van der Waals surface area contributed by atoms with Crippen LogP contribution in [0, 0.1) is 0 Å². The van der Waals surface area contributed by atoms with Gasteiger partial charge >= 0.3 is 0 Å². The van der Waals surface area contributed by atoms with Crippen LogP contribution in [0.2, 0.25) is 0 Å². The summed E-state index contributed by atoms with van der Waals surface area (Å²) < 4.78 is 2.40.